The number of ether oxygens (including phenoxy) is 2. The molecule has 0 radical (unpaired) electrons. The molecular weight excluding hydrogens is 592 g/mol. The standard InChI is InChI=1S/C36H56O10/c1-18-10-13-36(30(43)46-29-26(41)25(40)24(39)21(17-37)45-29)15-14-33(5)19(27(36)35(18,7)44)8-9-23-32(4)16-20(38)28(42)31(2,3)22(32)11-12-34(23,33)6/h8,18,21-29,37,39-42,44H,9-17H2,1-7H3. The van der Waals surface area contributed by atoms with Crippen LogP contribution in [0.15, 0.2) is 11.6 Å². The van der Waals surface area contributed by atoms with Crippen molar-refractivity contribution in [1.82, 2.24) is 0 Å². The van der Waals surface area contributed by atoms with Crippen LogP contribution >= 0.6 is 0 Å². The maximum atomic E-state index is 14.4. The SMILES string of the molecule is CC1CCC2(C(=O)OC3OC(CO)C(O)C(O)C3O)CCC3(C)C(=CCC4C5(C)CC(=O)C(O)C(C)(C)C5CCC43C)C2C1(C)O. The van der Waals surface area contributed by atoms with Gasteiger partial charge in [-0.1, -0.05) is 53.2 Å². The van der Waals surface area contributed by atoms with Crippen molar-refractivity contribution in [3.05, 3.63) is 11.6 Å². The van der Waals surface area contributed by atoms with Gasteiger partial charge in [0.1, 0.15) is 30.5 Å². The lowest BCUT2D eigenvalue weighted by molar-refractivity contribution is -0.299. The number of allylic oxidation sites excluding steroid dienone is 1. The van der Waals surface area contributed by atoms with E-state index in [-0.39, 0.29) is 39.8 Å². The summed E-state index contributed by atoms with van der Waals surface area (Å²) in [4.78, 5) is 27.7. The minimum atomic E-state index is -1.71. The van der Waals surface area contributed by atoms with E-state index in [1.54, 1.807) is 0 Å². The van der Waals surface area contributed by atoms with E-state index in [0.29, 0.717) is 38.5 Å². The number of aliphatic hydroxyl groups excluding tert-OH is 5. The van der Waals surface area contributed by atoms with Crippen LogP contribution in [0.25, 0.3) is 0 Å². The van der Waals surface area contributed by atoms with Gasteiger partial charge in [-0.2, -0.15) is 0 Å². The number of carbonyl (C=O) groups is 2. The zero-order valence-corrected chi connectivity index (χ0v) is 28.5. The van der Waals surface area contributed by atoms with Crippen molar-refractivity contribution in [1.29, 1.82) is 0 Å². The summed E-state index contributed by atoms with van der Waals surface area (Å²) >= 11 is 0. The number of aliphatic hydroxyl groups is 6. The summed E-state index contributed by atoms with van der Waals surface area (Å²) in [6.07, 6.45) is -1.47. The van der Waals surface area contributed by atoms with Crippen molar-refractivity contribution in [2.24, 2.45) is 50.7 Å². The van der Waals surface area contributed by atoms with Gasteiger partial charge in [0.2, 0.25) is 6.29 Å². The fraction of sp³-hybridized carbons (Fsp3) is 0.889. The molecule has 6 aliphatic rings. The molecule has 0 aromatic rings. The highest BCUT2D eigenvalue weighted by Gasteiger charge is 2.72. The largest absolute Gasteiger partial charge is 0.432 e. The quantitative estimate of drug-likeness (QED) is 0.197. The molecule has 0 bridgehead atoms. The van der Waals surface area contributed by atoms with Crippen LogP contribution in [0.1, 0.15) is 99.8 Å². The van der Waals surface area contributed by atoms with Crippen LogP contribution in [-0.2, 0) is 19.1 Å². The highest BCUT2D eigenvalue weighted by atomic mass is 16.7. The summed E-state index contributed by atoms with van der Waals surface area (Å²) in [5.74, 6) is -1.04. The second-order valence-corrected chi connectivity index (χ2v) is 17.5. The summed E-state index contributed by atoms with van der Waals surface area (Å²) in [5, 5.41) is 64.3. The van der Waals surface area contributed by atoms with Gasteiger partial charge < -0.3 is 40.1 Å². The van der Waals surface area contributed by atoms with Crippen molar-refractivity contribution in [3.8, 4) is 0 Å². The smallest absolute Gasteiger partial charge is 0.315 e. The Morgan fingerprint density at radius 3 is 2.26 bits per heavy atom. The molecular formula is C36H56O10. The second kappa shape index (κ2) is 10.8. The van der Waals surface area contributed by atoms with Crippen LogP contribution in [0.2, 0.25) is 0 Å². The summed E-state index contributed by atoms with van der Waals surface area (Å²) in [5.41, 5.74) is -2.76. The van der Waals surface area contributed by atoms with E-state index in [9.17, 15) is 40.2 Å². The van der Waals surface area contributed by atoms with Gasteiger partial charge in [-0.15, -0.1) is 0 Å². The molecule has 15 atom stereocenters. The minimum absolute atomic E-state index is 0.0874. The average molecular weight is 649 g/mol. The van der Waals surface area contributed by atoms with Crippen LogP contribution in [-0.4, -0.2) is 91.4 Å². The maximum absolute atomic E-state index is 14.4. The first-order chi connectivity index (χ1) is 21.2. The normalized spacial score (nSPS) is 54.8. The summed E-state index contributed by atoms with van der Waals surface area (Å²) in [6, 6.07) is 0. The van der Waals surface area contributed by atoms with Gasteiger partial charge in [0.25, 0.3) is 0 Å². The zero-order valence-electron chi connectivity index (χ0n) is 28.5. The number of esters is 1. The summed E-state index contributed by atoms with van der Waals surface area (Å²) in [6.45, 7) is 14.1. The predicted octanol–water partition coefficient (Wildman–Crippen LogP) is 2.64. The summed E-state index contributed by atoms with van der Waals surface area (Å²) in [7, 11) is 0. The third kappa shape index (κ3) is 4.32. The lowest BCUT2D eigenvalue weighted by Crippen LogP contribution is -2.69. The molecule has 0 amide bonds. The lowest BCUT2D eigenvalue weighted by Gasteiger charge is -2.71. The fourth-order valence-corrected chi connectivity index (χ4v) is 12.1. The molecule has 0 spiro atoms. The zero-order chi connectivity index (χ0) is 34.0. The molecule has 5 aliphatic carbocycles. The van der Waals surface area contributed by atoms with E-state index in [1.807, 2.05) is 27.7 Å². The molecule has 0 aromatic heterocycles. The van der Waals surface area contributed by atoms with Gasteiger partial charge in [0, 0.05) is 17.8 Å². The first-order valence-electron chi connectivity index (χ1n) is 17.4. The maximum Gasteiger partial charge on any atom is 0.315 e. The second-order valence-electron chi connectivity index (χ2n) is 17.5. The van der Waals surface area contributed by atoms with Crippen molar-refractivity contribution in [2.75, 3.05) is 6.61 Å². The molecule has 10 heteroatoms. The highest BCUT2D eigenvalue weighted by molar-refractivity contribution is 5.85. The topological polar surface area (TPSA) is 174 Å². The first kappa shape index (κ1) is 34.5. The Bertz CT molecular complexity index is 1290. The molecule has 46 heavy (non-hydrogen) atoms. The molecule has 10 nitrogen and oxygen atoms in total. The molecule has 1 aliphatic heterocycles. The first-order valence-corrected chi connectivity index (χ1v) is 17.4. The Labute approximate surface area is 272 Å². The molecule has 4 saturated carbocycles. The Morgan fingerprint density at radius 1 is 0.935 bits per heavy atom. The molecule has 0 aromatic carbocycles. The van der Waals surface area contributed by atoms with E-state index in [1.165, 1.54) is 0 Å². The number of Topliss-reactive ketones (excluding diaryl/α,β-unsaturated/α-hetero) is 1. The molecule has 15 unspecified atom stereocenters. The van der Waals surface area contributed by atoms with Crippen molar-refractivity contribution in [2.45, 2.75) is 142 Å². The van der Waals surface area contributed by atoms with Gasteiger partial charge in [0.05, 0.1) is 17.6 Å². The van der Waals surface area contributed by atoms with Gasteiger partial charge in [-0.25, -0.2) is 0 Å². The molecule has 1 heterocycles. The van der Waals surface area contributed by atoms with E-state index < -0.39 is 71.7 Å². The Balaban J connectivity index is 1.40. The number of hydrogen-bond acceptors (Lipinski definition) is 10. The van der Waals surface area contributed by atoms with Crippen molar-refractivity contribution in [3.63, 3.8) is 0 Å². The molecule has 6 rings (SSSR count). The molecule has 6 N–H and O–H groups in total. The van der Waals surface area contributed by atoms with Gasteiger partial charge in [-0.05, 0) is 85.9 Å². The van der Waals surface area contributed by atoms with Crippen LogP contribution < -0.4 is 0 Å². The van der Waals surface area contributed by atoms with Crippen LogP contribution in [0, 0.1) is 50.7 Å². The number of fused-ring (bicyclic) bond motifs is 7. The van der Waals surface area contributed by atoms with Gasteiger partial charge in [0.15, 0.2) is 5.78 Å². The Morgan fingerprint density at radius 2 is 1.61 bits per heavy atom. The predicted molar refractivity (Wildman–Crippen MR) is 167 cm³/mol. The molecule has 1 saturated heterocycles. The number of hydrogen-bond donors (Lipinski definition) is 6. The number of rotatable bonds is 3. The molecule has 5 fully saturated rings. The number of carbonyl (C=O) groups excluding carboxylic acids is 2. The third-order valence-corrected chi connectivity index (χ3v) is 15.3. The summed E-state index contributed by atoms with van der Waals surface area (Å²) < 4.78 is 11.4. The van der Waals surface area contributed by atoms with E-state index in [0.717, 1.165) is 18.4 Å². The van der Waals surface area contributed by atoms with E-state index in [2.05, 4.69) is 26.8 Å². The Hall–Kier alpha value is -1.40. The van der Waals surface area contributed by atoms with E-state index in [4.69, 9.17) is 9.47 Å². The molecule has 260 valence electrons. The van der Waals surface area contributed by atoms with E-state index >= 15 is 0 Å². The van der Waals surface area contributed by atoms with Gasteiger partial charge >= 0.3 is 5.97 Å². The number of ketones is 1. The van der Waals surface area contributed by atoms with Gasteiger partial charge in [-0.3, -0.25) is 9.59 Å². The average Bonchev–Trinajstić information content (AvgIpc) is 2.98. The fourth-order valence-electron chi connectivity index (χ4n) is 12.1. The third-order valence-electron chi connectivity index (χ3n) is 15.3. The van der Waals surface area contributed by atoms with Crippen LogP contribution in [0.3, 0.4) is 0 Å². The lowest BCUT2D eigenvalue weighted by atomic mass is 9.33. The Kier molecular flexibility index (Phi) is 8.09. The monoisotopic (exact) mass is 648 g/mol. The van der Waals surface area contributed by atoms with Crippen molar-refractivity contribution >= 4 is 11.8 Å². The highest BCUT2D eigenvalue weighted by Crippen LogP contribution is 2.76. The minimum Gasteiger partial charge on any atom is -0.432 e. The van der Waals surface area contributed by atoms with Crippen molar-refractivity contribution < 1.29 is 49.7 Å². The van der Waals surface area contributed by atoms with Crippen LogP contribution in [0.4, 0.5) is 0 Å². The van der Waals surface area contributed by atoms with Crippen LogP contribution in [0.5, 0.6) is 0 Å².